The summed E-state index contributed by atoms with van der Waals surface area (Å²) in [5.41, 5.74) is 0.310. The largest absolute Gasteiger partial charge is 0.334 e. The smallest absolute Gasteiger partial charge is 0.280 e. The number of hydrogen-bond donors (Lipinski definition) is 1. The first-order valence-electron chi connectivity index (χ1n) is 4.06. The van der Waals surface area contributed by atoms with Crippen LogP contribution < -0.4 is 5.32 Å². The van der Waals surface area contributed by atoms with Gasteiger partial charge in [-0.15, -0.1) is 0 Å². The standard InChI is InChI=1S/C9H13FN2O/c1-4-7(5-11)12-9(13)8(10)6(2)3/h7H,4H2,1-3H3,(H,12,13)/t7-/m1/s1. The molecule has 0 unspecified atom stereocenters. The second-order valence-corrected chi connectivity index (χ2v) is 2.88. The zero-order valence-electron chi connectivity index (χ0n) is 8.02. The Labute approximate surface area is 77.2 Å². The van der Waals surface area contributed by atoms with Crippen LogP contribution in [-0.2, 0) is 4.79 Å². The molecule has 1 N–H and O–H groups in total. The van der Waals surface area contributed by atoms with E-state index in [-0.39, 0.29) is 0 Å². The fourth-order valence-corrected chi connectivity index (χ4v) is 0.674. The Morgan fingerprint density at radius 3 is 2.46 bits per heavy atom. The normalized spacial score (nSPS) is 11.3. The molecule has 0 saturated heterocycles. The van der Waals surface area contributed by atoms with Gasteiger partial charge in [0.2, 0.25) is 0 Å². The molecule has 1 amide bonds. The number of nitrogens with zero attached hydrogens (tertiary/aromatic N) is 1. The zero-order valence-corrected chi connectivity index (χ0v) is 8.02. The van der Waals surface area contributed by atoms with Crippen molar-refractivity contribution >= 4 is 5.91 Å². The van der Waals surface area contributed by atoms with Gasteiger partial charge in [-0.25, -0.2) is 4.39 Å². The highest BCUT2D eigenvalue weighted by Gasteiger charge is 2.14. The van der Waals surface area contributed by atoms with Gasteiger partial charge in [-0.2, -0.15) is 5.26 Å². The van der Waals surface area contributed by atoms with Gasteiger partial charge in [0.25, 0.3) is 5.91 Å². The number of carbonyl (C=O) groups is 1. The lowest BCUT2D eigenvalue weighted by atomic mass is 10.2. The molecule has 0 aliphatic rings. The Hall–Kier alpha value is -1.37. The SMILES string of the molecule is CC[C@H](C#N)NC(=O)C(F)=C(C)C. The van der Waals surface area contributed by atoms with Crippen molar-refractivity contribution in [3.63, 3.8) is 0 Å². The van der Waals surface area contributed by atoms with Crippen molar-refractivity contribution < 1.29 is 9.18 Å². The molecule has 1 atom stereocenters. The molecule has 0 fully saturated rings. The van der Waals surface area contributed by atoms with Gasteiger partial charge in [0, 0.05) is 0 Å². The molecule has 0 aromatic rings. The second-order valence-electron chi connectivity index (χ2n) is 2.88. The number of amides is 1. The van der Waals surface area contributed by atoms with Crippen molar-refractivity contribution in [1.82, 2.24) is 5.32 Å². The topological polar surface area (TPSA) is 52.9 Å². The van der Waals surface area contributed by atoms with Crippen molar-refractivity contribution in [1.29, 1.82) is 5.26 Å². The Balaban J connectivity index is 4.33. The van der Waals surface area contributed by atoms with Crippen molar-refractivity contribution in [2.24, 2.45) is 0 Å². The maximum absolute atomic E-state index is 12.9. The van der Waals surface area contributed by atoms with Gasteiger partial charge in [0.15, 0.2) is 5.83 Å². The molecule has 72 valence electrons. The van der Waals surface area contributed by atoms with Crippen LogP contribution in [0.2, 0.25) is 0 Å². The van der Waals surface area contributed by atoms with Gasteiger partial charge in [0.1, 0.15) is 6.04 Å². The molecule has 0 aliphatic heterocycles. The number of carbonyl (C=O) groups excluding carboxylic acids is 1. The van der Waals surface area contributed by atoms with Crippen molar-refractivity contribution in [3.05, 3.63) is 11.4 Å². The number of nitriles is 1. The van der Waals surface area contributed by atoms with Gasteiger partial charge in [-0.3, -0.25) is 4.79 Å². The summed E-state index contributed by atoms with van der Waals surface area (Å²) in [6.45, 7) is 4.75. The second kappa shape index (κ2) is 5.31. The summed E-state index contributed by atoms with van der Waals surface area (Å²) in [6.07, 6.45) is 0.471. The molecule has 13 heavy (non-hydrogen) atoms. The summed E-state index contributed by atoms with van der Waals surface area (Å²) in [7, 11) is 0. The summed E-state index contributed by atoms with van der Waals surface area (Å²) in [6, 6.07) is 1.24. The van der Waals surface area contributed by atoms with Crippen LogP contribution in [0, 0.1) is 11.3 Å². The van der Waals surface area contributed by atoms with Gasteiger partial charge in [-0.1, -0.05) is 6.92 Å². The summed E-state index contributed by atoms with van der Waals surface area (Å²) >= 11 is 0. The van der Waals surface area contributed by atoms with Crippen molar-refractivity contribution in [3.8, 4) is 6.07 Å². The van der Waals surface area contributed by atoms with Crippen LogP contribution in [-0.4, -0.2) is 11.9 Å². The van der Waals surface area contributed by atoms with Crippen molar-refractivity contribution in [2.75, 3.05) is 0 Å². The fraction of sp³-hybridized carbons (Fsp3) is 0.556. The molecule has 4 heteroatoms. The summed E-state index contributed by atoms with van der Waals surface area (Å²) < 4.78 is 12.9. The van der Waals surface area contributed by atoms with E-state index in [4.69, 9.17) is 5.26 Å². The molecule has 0 aromatic heterocycles. The predicted octanol–water partition coefficient (Wildman–Crippen LogP) is 1.67. The van der Waals surface area contributed by atoms with E-state index in [1.165, 1.54) is 13.8 Å². The lowest BCUT2D eigenvalue weighted by Gasteiger charge is -2.07. The quantitative estimate of drug-likeness (QED) is 0.678. The number of rotatable bonds is 3. The zero-order chi connectivity index (χ0) is 10.4. The first-order valence-corrected chi connectivity index (χ1v) is 4.06. The van der Waals surface area contributed by atoms with Crippen LogP contribution in [0.4, 0.5) is 4.39 Å². The molecule has 0 radical (unpaired) electrons. The summed E-state index contributed by atoms with van der Waals surface area (Å²) in [5.74, 6) is -1.62. The van der Waals surface area contributed by atoms with Gasteiger partial charge >= 0.3 is 0 Å². The van der Waals surface area contributed by atoms with Crippen LogP contribution in [0.3, 0.4) is 0 Å². The Bertz CT molecular complexity index is 261. The average Bonchev–Trinajstić information content (AvgIpc) is 2.12. The van der Waals surface area contributed by atoms with Crippen LogP contribution in [0.25, 0.3) is 0 Å². The molecule has 0 saturated carbocycles. The van der Waals surface area contributed by atoms with E-state index < -0.39 is 17.8 Å². The molecule has 0 aliphatic carbocycles. The predicted molar refractivity (Wildman–Crippen MR) is 47.3 cm³/mol. The highest BCUT2D eigenvalue weighted by Crippen LogP contribution is 2.05. The maximum atomic E-state index is 12.9. The van der Waals surface area contributed by atoms with Crippen LogP contribution in [0.5, 0.6) is 0 Å². The van der Waals surface area contributed by atoms with Gasteiger partial charge in [0.05, 0.1) is 6.07 Å². The maximum Gasteiger partial charge on any atom is 0.280 e. The van der Waals surface area contributed by atoms with E-state index in [2.05, 4.69) is 5.32 Å². The Morgan fingerprint density at radius 1 is 1.62 bits per heavy atom. The third-order valence-corrected chi connectivity index (χ3v) is 1.51. The van der Waals surface area contributed by atoms with E-state index >= 15 is 0 Å². The van der Waals surface area contributed by atoms with E-state index in [1.807, 2.05) is 6.07 Å². The highest BCUT2D eigenvalue weighted by molar-refractivity contribution is 5.92. The van der Waals surface area contributed by atoms with Crippen molar-refractivity contribution in [2.45, 2.75) is 33.2 Å². The monoisotopic (exact) mass is 184 g/mol. The number of halogens is 1. The fourth-order valence-electron chi connectivity index (χ4n) is 0.674. The van der Waals surface area contributed by atoms with Gasteiger partial charge < -0.3 is 5.32 Å². The summed E-state index contributed by atoms with van der Waals surface area (Å²) in [4.78, 5) is 11.0. The van der Waals surface area contributed by atoms with E-state index in [0.29, 0.717) is 12.0 Å². The average molecular weight is 184 g/mol. The minimum Gasteiger partial charge on any atom is -0.334 e. The van der Waals surface area contributed by atoms with E-state index in [1.54, 1.807) is 6.92 Å². The van der Waals surface area contributed by atoms with Gasteiger partial charge in [-0.05, 0) is 25.8 Å². The first kappa shape index (κ1) is 11.6. The van der Waals surface area contributed by atoms with E-state index in [9.17, 15) is 9.18 Å². The minimum absolute atomic E-state index is 0.310. The first-order chi connectivity index (χ1) is 6.02. The molecule has 0 bridgehead atoms. The third kappa shape index (κ3) is 3.70. The number of hydrogen-bond acceptors (Lipinski definition) is 2. The molecule has 0 aromatic carbocycles. The lowest BCUT2D eigenvalue weighted by molar-refractivity contribution is -0.119. The molecule has 0 spiro atoms. The molecule has 0 rings (SSSR count). The molecular formula is C9H13FN2O. The number of nitrogens with one attached hydrogen (secondary N) is 1. The molecular weight excluding hydrogens is 171 g/mol. The van der Waals surface area contributed by atoms with Crippen LogP contribution in [0.1, 0.15) is 27.2 Å². The molecule has 0 heterocycles. The third-order valence-electron chi connectivity index (χ3n) is 1.51. The van der Waals surface area contributed by atoms with Crippen LogP contribution >= 0.6 is 0 Å². The Kier molecular flexibility index (Phi) is 4.75. The highest BCUT2D eigenvalue weighted by atomic mass is 19.1. The number of allylic oxidation sites excluding steroid dienone is 1. The molecule has 3 nitrogen and oxygen atoms in total. The Morgan fingerprint density at radius 2 is 2.15 bits per heavy atom. The van der Waals surface area contributed by atoms with E-state index in [0.717, 1.165) is 0 Å². The van der Waals surface area contributed by atoms with Crippen LogP contribution in [0.15, 0.2) is 11.4 Å². The summed E-state index contributed by atoms with van der Waals surface area (Å²) in [5, 5.41) is 10.8. The lowest BCUT2D eigenvalue weighted by Crippen LogP contribution is -2.33. The minimum atomic E-state index is -0.812.